The largest absolute Gasteiger partial charge is 0.508 e. The van der Waals surface area contributed by atoms with Gasteiger partial charge in [0.1, 0.15) is 75.4 Å². The van der Waals surface area contributed by atoms with Crippen LogP contribution in [0.2, 0.25) is 0 Å². The number of fused-ring (bicyclic) bond motifs is 8. The van der Waals surface area contributed by atoms with Gasteiger partial charge >= 0.3 is 0 Å². The molecule has 1 N–H and O–H groups in total. The molecule has 0 radical (unpaired) electrons. The Balaban J connectivity index is 0.000000152. The summed E-state index contributed by atoms with van der Waals surface area (Å²) in [4.78, 5) is 93.5. The number of Topliss-reactive ketones (excluding diaryl/α,β-unsaturated/α-hetero) is 6. The van der Waals surface area contributed by atoms with E-state index in [4.69, 9.17) is 0 Å². The highest BCUT2D eigenvalue weighted by Crippen LogP contribution is 2.29. The van der Waals surface area contributed by atoms with Gasteiger partial charge in [-0.05, 0) is 266 Å². The van der Waals surface area contributed by atoms with Gasteiger partial charge in [-0.1, -0.05) is 66.7 Å². The van der Waals surface area contributed by atoms with Gasteiger partial charge in [-0.2, -0.15) is 0 Å². The zero-order valence-corrected chi connectivity index (χ0v) is 67.7. The molecule has 0 aliphatic heterocycles. The van der Waals surface area contributed by atoms with Crippen LogP contribution in [0.3, 0.4) is 0 Å². The fraction of sp³-hybridized carbons (Fsp3) is 0.385. The van der Waals surface area contributed by atoms with Crippen molar-refractivity contribution in [3.8, 4) is 5.75 Å². The molecular formula is C91H110N12O7. The molecule has 0 saturated heterocycles. The number of phenolic OH excluding ortho intramolecular Hbond substituents is 1. The summed E-state index contributed by atoms with van der Waals surface area (Å²) >= 11 is 0. The number of aromatic hydroxyl groups is 1. The highest BCUT2D eigenvalue weighted by Gasteiger charge is 2.16. The molecule has 576 valence electrons. The number of nitrogens with zero attached hydrogens (tertiary/aromatic N) is 12. The maximum atomic E-state index is 11.1. The first-order chi connectivity index (χ1) is 52.4. The van der Waals surface area contributed by atoms with E-state index in [0.29, 0.717) is 38.5 Å². The van der Waals surface area contributed by atoms with Crippen LogP contribution in [0.25, 0.3) is 87.7 Å². The molecule has 0 saturated carbocycles. The number of hydrogen-bond donors (Lipinski definition) is 1. The Morgan fingerprint density at radius 2 is 0.582 bits per heavy atom. The minimum atomic E-state index is 0.213. The number of ketones is 6. The number of carbonyl (C=O) groups excluding carboxylic acids is 6. The lowest BCUT2D eigenvalue weighted by molar-refractivity contribution is -0.118. The summed E-state index contributed by atoms with van der Waals surface area (Å²) in [7, 11) is 0. The topological polar surface area (TPSA) is 230 Å². The lowest BCUT2D eigenvalue weighted by Crippen LogP contribution is -2.02. The fourth-order valence-corrected chi connectivity index (χ4v) is 14.3. The first-order valence-electron chi connectivity index (χ1n) is 38.6. The number of imidazole rings is 6. The highest BCUT2D eigenvalue weighted by molar-refractivity contribution is 5.97. The standard InChI is InChI=1S/2C17H18N2O.2C15H20N2O.C14H18N2O.C13H16N2O2/c2*1-12(20)6-5-9-19-13(2)18-16-10-14-7-3-4-8-15(14)11-17(16)19;1-10-8-14-15(9-11(10)2)17(13(4)16-14)7-5-6-12(3)18;1-10-8-11(2)15-14(9-10)17(13(4)16-15)7-5-6-12(3)18;1-10-6-4-8-13-14(10)15-12(3)16(13)9-5-7-11(2)17;1-9(16)4-3-7-15-10(2)14-12-8-11(17)5-6-13(12)15/h2*3-4,7-8,10-11H,5-6,9H2,1-2H3;2*8-9H,5-7H2,1-4H3;4,6,8H,5,7,9H2,1-3H3;5-6,8,17H,3-4,7H2,1-2H3. The van der Waals surface area contributed by atoms with Gasteiger partial charge in [0.2, 0.25) is 0 Å². The third-order valence-corrected chi connectivity index (χ3v) is 20.1. The maximum Gasteiger partial charge on any atom is 0.129 e. The number of carbonyl (C=O) groups is 6. The predicted octanol–water partition coefficient (Wildman–Crippen LogP) is 19.8. The van der Waals surface area contributed by atoms with Crippen LogP contribution in [0.5, 0.6) is 5.75 Å². The van der Waals surface area contributed by atoms with Crippen LogP contribution in [0, 0.1) is 76.2 Å². The number of aryl methyl sites for hydroxylation is 17. The van der Waals surface area contributed by atoms with Gasteiger partial charge in [-0.3, -0.25) is 0 Å². The van der Waals surface area contributed by atoms with Crippen LogP contribution in [0.15, 0.2) is 133 Å². The van der Waals surface area contributed by atoms with E-state index in [1.54, 1.807) is 53.7 Å². The van der Waals surface area contributed by atoms with E-state index in [9.17, 15) is 33.9 Å². The van der Waals surface area contributed by atoms with Crippen molar-refractivity contribution in [1.29, 1.82) is 0 Å². The molecule has 6 heterocycles. The van der Waals surface area contributed by atoms with Gasteiger partial charge in [-0.15, -0.1) is 0 Å². The summed E-state index contributed by atoms with van der Waals surface area (Å²) in [5, 5.41) is 14.3. The summed E-state index contributed by atoms with van der Waals surface area (Å²) in [6, 6.07) is 45.4. The van der Waals surface area contributed by atoms with E-state index in [-0.39, 0.29) is 40.4 Å². The van der Waals surface area contributed by atoms with Crippen molar-refractivity contribution in [3.63, 3.8) is 0 Å². The quantitative estimate of drug-likeness (QED) is 0.0594. The Labute approximate surface area is 646 Å². The fourth-order valence-electron chi connectivity index (χ4n) is 14.3. The van der Waals surface area contributed by atoms with Gasteiger partial charge in [0, 0.05) is 83.9 Å². The molecule has 0 unspecified atom stereocenters. The molecule has 19 nitrogen and oxygen atoms in total. The molecule has 110 heavy (non-hydrogen) atoms. The lowest BCUT2D eigenvalue weighted by atomic mass is 10.1. The van der Waals surface area contributed by atoms with Crippen LogP contribution in [-0.4, -0.2) is 97.1 Å². The number of aromatic nitrogens is 12. The van der Waals surface area contributed by atoms with E-state index in [0.717, 1.165) is 162 Å². The van der Waals surface area contributed by atoms with Crippen molar-refractivity contribution >= 4 is 122 Å². The zero-order chi connectivity index (χ0) is 79.6. The Morgan fingerprint density at radius 1 is 0.273 bits per heavy atom. The van der Waals surface area contributed by atoms with Gasteiger partial charge in [0.05, 0.1) is 66.2 Å². The van der Waals surface area contributed by atoms with Crippen LogP contribution in [0.4, 0.5) is 0 Å². The van der Waals surface area contributed by atoms with Crippen LogP contribution in [-0.2, 0) is 68.0 Å². The van der Waals surface area contributed by atoms with Crippen LogP contribution < -0.4 is 0 Å². The Kier molecular flexibility index (Phi) is 28.9. The first-order valence-corrected chi connectivity index (χ1v) is 38.6. The van der Waals surface area contributed by atoms with E-state index >= 15 is 0 Å². The van der Waals surface area contributed by atoms with Gasteiger partial charge in [0.25, 0.3) is 0 Å². The van der Waals surface area contributed by atoms with Crippen molar-refractivity contribution in [2.45, 2.75) is 234 Å². The van der Waals surface area contributed by atoms with E-state index in [2.05, 4.69) is 195 Å². The molecule has 14 aromatic rings. The monoisotopic (exact) mass is 1480 g/mol. The Bertz CT molecular complexity index is 5520. The van der Waals surface area contributed by atoms with Crippen LogP contribution >= 0.6 is 0 Å². The SMILES string of the molecule is CC(=O)CCCn1c(C)nc2c(C)cc(C)cc21.CC(=O)CCCn1c(C)nc2c(C)cccc21.CC(=O)CCCn1c(C)nc2cc(C)c(C)cc21.CC(=O)CCCn1c(C)nc2cc(O)ccc21.CC(=O)CCCn1c(C)nc2cc3ccccc3cc21.CC(=O)CCCn1c(C)nc2cc3ccccc3cc21. The molecule has 0 aliphatic carbocycles. The second-order valence-electron chi connectivity index (χ2n) is 29.6. The van der Waals surface area contributed by atoms with E-state index < -0.39 is 0 Å². The molecule has 8 aromatic carbocycles. The minimum absolute atomic E-state index is 0.213. The zero-order valence-electron chi connectivity index (χ0n) is 67.7. The summed E-state index contributed by atoms with van der Waals surface area (Å²) in [6.45, 7) is 37.5. The number of para-hydroxylation sites is 1. The molecule has 14 rings (SSSR count). The second kappa shape index (κ2) is 38.3. The normalized spacial score (nSPS) is 11.1. The summed E-state index contributed by atoms with van der Waals surface area (Å²) in [6.07, 6.45) is 9.00. The van der Waals surface area contributed by atoms with Crippen molar-refractivity contribution in [2.24, 2.45) is 0 Å². The smallest absolute Gasteiger partial charge is 0.129 e. The summed E-state index contributed by atoms with van der Waals surface area (Å²) in [5.74, 6) is 7.72. The number of hydrogen-bond acceptors (Lipinski definition) is 13. The molecule has 0 fully saturated rings. The number of rotatable bonds is 24. The third-order valence-electron chi connectivity index (χ3n) is 20.1. The number of phenols is 1. The first kappa shape index (κ1) is 83.0. The highest BCUT2D eigenvalue weighted by atomic mass is 16.3. The van der Waals surface area contributed by atoms with Crippen molar-refractivity contribution < 1.29 is 33.9 Å². The van der Waals surface area contributed by atoms with Crippen molar-refractivity contribution in [1.82, 2.24) is 57.3 Å². The van der Waals surface area contributed by atoms with E-state index in [1.165, 1.54) is 65.9 Å². The Hall–Kier alpha value is -11.1. The summed E-state index contributed by atoms with van der Waals surface area (Å²) < 4.78 is 13.1. The second-order valence-corrected chi connectivity index (χ2v) is 29.6. The average Bonchev–Trinajstić information content (AvgIpc) is 1.81. The van der Waals surface area contributed by atoms with Gasteiger partial charge < -0.3 is 61.3 Å². The third kappa shape index (κ3) is 21.9. The Morgan fingerprint density at radius 3 is 0.973 bits per heavy atom. The van der Waals surface area contributed by atoms with Gasteiger partial charge in [-0.25, -0.2) is 29.9 Å². The lowest BCUT2D eigenvalue weighted by Gasteiger charge is -2.07. The van der Waals surface area contributed by atoms with Crippen molar-refractivity contribution in [2.75, 3.05) is 0 Å². The minimum Gasteiger partial charge on any atom is -0.508 e. The molecule has 0 spiro atoms. The molecule has 0 amide bonds. The molecule has 0 atom stereocenters. The molecule has 19 heteroatoms. The van der Waals surface area contributed by atoms with Gasteiger partial charge in [0.15, 0.2) is 0 Å². The van der Waals surface area contributed by atoms with E-state index in [1.807, 2.05) is 59.7 Å². The van der Waals surface area contributed by atoms with Crippen molar-refractivity contribution in [3.05, 3.63) is 196 Å². The summed E-state index contributed by atoms with van der Waals surface area (Å²) in [5.41, 5.74) is 19.2. The maximum absolute atomic E-state index is 11.1. The molecular weight excluding hydrogens is 1370 g/mol. The molecule has 0 aliphatic rings. The number of benzene rings is 8. The predicted molar refractivity (Wildman–Crippen MR) is 447 cm³/mol. The molecule has 6 aromatic heterocycles. The van der Waals surface area contributed by atoms with Crippen LogP contribution in [0.1, 0.15) is 181 Å². The average molecular weight is 1480 g/mol. The molecule has 0 bridgehead atoms.